The molecular weight excluding hydrogens is 387 g/mol. The van der Waals surface area contributed by atoms with Gasteiger partial charge in [-0.15, -0.1) is 11.8 Å². The van der Waals surface area contributed by atoms with Crippen LogP contribution in [-0.2, 0) is 12.7 Å². The van der Waals surface area contributed by atoms with Crippen LogP contribution >= 0.6 is 11.8 Å². The van der Waals surface area contributed by atoms with Gasteiger partial charge in [-0.25, -0.2) is 0 Å². The number of thioether (sulfide) groups is 1. The average Bonchev–Trinajstić information content (AvgIpc) is 2.99. The van der Waals surface area contributed by atoms with E-state index in [9.17, 15) is 18.0 Å². The molecule has 0 radical (unpaired) electrons. The first-order valence-electron chi connectivity index (χ1n) is 9.39. The molecule has 0 bridgehead atoms. The van der Waals surface area contributed by atoms with Crippen LogP contribution in [0.4, 0.5) is 18.9 Å². The molecule has 1 aromatic heterocycles. The Morgan fingerprint density at radius 1 is 1.29 bits per heavy atom. The van der Waals surface area contributed by atoms with E-state index in [0.29, 0.717) is 12.2 Å². The minimum absolute atomic E-state index is 0.161. The Balaban J connectivity index is 1.94. The topological polar surface area (TPSA) is 46.9 Å². The van der Waals surface area contributed by atoms with Gasteiger partial charge in [0.15, 0.2) is 0 Å². The Labute approximate surface area is 166 Å². The van der Waals surface area contributed by atoms with E-state index in [1.165, 1.54) is 23.4 Å². The van der Waals surface area contributed by atoms with Crippen molar-refractivity contribution in [3.8, 4) is 0 Å². The van der Waals surface area contributed by atoms with Crippen LogP contribution in [-0.4, -0.2) is 21.9 Å². The molecule has 0 atom stereocenters. The number of hydrogen-bond acceptors (Lipinski definition) is 3. The molecule has 1 N–H and O–H groups in total. The molecule has 3 rings (SSSR count). The highest BCUT2D eigenvalue weighted by Crippen LogP contribution is 2.36. The lowest BCUT2D eigenvalue weighted by Gasteiger charge is -2.22. The van der Waals surface area contributed by atoms with Gasteiger partial charge in [0, 0.05) is 17.1 Å². The molecule has 0 spiro atoms. The van der Waals surface area contributed by atoms with Gasteiger partial charge in [-0.1, -0.05) is 25.3 Å². The number of carbonyl (C=O) groups excluding carboxylic acids is 1. The van der Waals surface area contributed by atoms with Crippen molar-refractivity contribution < 1.29 is 18.0 Å². The molecule has 1 aliphatic carbocycles. The number of rotatable bonds is 5. The molecule has 8 heteroatoms. The standard InChI is InChI=1S/C20H24F3N3OS/c1-13-17(20(21,22)23)18(26(25-13)12-14-7-4-3-5-8-14)19(27)24-15-9-6-10-16(11-15)28-2/h6,9-11,14H,3-5,7-8,12H2,1-2H3,(H,24,27). The van der Waals surface area contributed by atoms with Gasteiger partial charge < -0.3 is 5.32 Å². The molecule has 0 unspecified atom stereocenters. The largest absolute Gasteiger partial charge is 0.420 e. The molecule has 2 aromatic rings. The molecule has 0 saturated heterocycles. The van der Waals surface area contributed by atoms with Crippen molar-refractivity contribution in [2.45, 2.75) is 56.6 Å². The number of anilines is 1. The van der Waals surface area contributed by atoms with Gasteiger partial charge in [0.05, 0.1) is 5.69 Å². The zero-order chi connectivity index (χ0) is 20.3. The maximum Gasteiger partial charge on any atom is 0.420 e. The lowest BCUT2D eigenvalue weighted by molar-refractivity contribution is -0.138. The summed E-state index contributed by atoms with van der Waals surface area (Å²) in [5, 5.41) is 6.72. The third-order valence-electron chi connectivity index (χ3n) is 5.11. The first kappa shape index (κ1) is 20.8. The zero-order valence-electron chi connectivity index (χ0n) is 16.0. The van der Waals surface area contributed by atoms with Crippen molar-refractivity contribution >= 4 is 23.4 Å². The highest BCUT2D eigenvalue weighted by atomic mass is 32.2. The van der Waals surface area contributed by atoms with Crippen LogP contribution in [0.15, 0.2) is 29.2 Å². The summed E-state index contributed by atoms with van der Waals surface area (Å²) in [6.07, 6.45) is 2.46. The highest BCUT2D eigenvalue weighted by Gasteiger charge is 2.41. The van der Waals surface area contributed by atoms with Gasteiger partial charge in [-0.05, 0) is 50.1 Å². The van der Waals surface area contributed by atoms with Gasteiger partial charge >= 0.3 is 6.18 Å². The SMILES string of the molecule is CSc1cccc(NC(=O)c2c(C(F)(F)F)c(C)nn2CC2CCCCC2)c1. The average molecular weight is 411 g/mol. The van der Waals surface area contributed by atoms with Crippen molar-refractivity contribution in [3.05, 3.63) is 41.2 Å². The number of alkyl halides is 3. The van der Waals surface area contributed by atoms with E-state index in [4.69, 9.17) is 0 Å². The lowest BCUT2D eigenvalue weighted by atomic mass is 9.89. The number of nitrogens with zero attached hydrogens (tertiary/aromatic N) is 2. The number of benzene rings is 1. The summed E-state index contributed by atoms with van der Waals surface area (Å²) in [4.78, 5) is 13.8. The summed E-state index contributed by atoms with van der Waals surface area (Å²) in [6.45, 7) is 1.65. The highest BCUT2D eigenvalue weighted by molar-refractivity contribution is 7.98. The molecule has 1 saturated carbocycles. The fraction of sp³-hybridized carbons (Fsp3) is 0.500. The van der Waals surface area contributed by atoms with Gasteiger partial charge in [0.1, 0.15) is 11.3 Å². The Hall–Kier alpha value is -1.96. The molecule has 1 amide bonds. The second kappa shape index (κ2) is 8.59. The predicted octanol–water partition coefficient (Wildman–Crippen LogP) is 5.76. The molecule has 0 aliphatic heterocycles. The minimum Gasteiger partial charge on any atom is -0.321 e. The van der Waals surface area contributed by atoms with E-state index in [0.717, 1.165) is 37.0 Å². The van der Waals surface area contributed by atoms with Gasteiger partial charge in [-0.3, -0.25) is 9.48 Å². The smallest absolute Gasteiger partial charge is 0.321 e. The normalized spacial score (nSPS) is 15.6. The van der Waals surface area contributed by atoms with Crippen molar-refractivity contribution in [3.63, 3.8) is 0 Å². The van der Waals surface area contributed by atoms with Crippen LogP contribution < -0.4 is 5.32 Å². The molecule has 1 fully saturated rings. The zero-order valence-corrected chi connectivity index (χ0v) is 16.8. The lowest BCUT2D eigenvalue weighted by Crippen LogP contribution is -2.24. The van der Waals surface area contributed by atoms with Crippen molar-refractivity contribution in [2.75, 3.05) is 11.6 Å². The van der Waals surface area contributed by atoms with E-state index >= 15 is 0 Å². The number of amides is 1. The van der Waals surface area contributed by atoms with Crippen LogP contribution in [0.1, 0.15) is 53.8 Å². The number of nitrogens with one attached hydrogen (secondary N) is 1. The number of hydrogen-bond donors (Lipinski definition) is 1. The fourth-order valence-electron chi connectivity index (χ4n) is 3.79. The molecule has 152 valence electrons. The third-order valence-corrected chi connectivity index (χ3v) is 5.83. The van der Waals surface area contributed by atoms with Gasteiger partial charge in [0.25, 0.3) is 5.91 Å². The Morgan fingerprint density at radius 2 is 2.00 bits per heavy atom. The van der Waals surface area contributed by atoms with Crippen LogP contribution in [0.5, 0.6) is 0 Å². The van der Waals surface area contributed by atoms with Crippen LogP contribution in [0.3, 0.4) is 0 Å². The predicted molar refractivity (Wildman–Crippen MR) is 105 cm³/mol. The summed E-state index contributed by atoms with van der Waals surface area (Å²) >= 11 is 1.49. The van der Waals surface area contributed by atoms with Crippen LogP contribution in [0.25, 0.3) is 0 Å². The summed E-state index contributed by atoms with van der Waals surface area (Å²) in [7, 11) is 0. The Morgan fingerprint density at radius 3 is 2.64 bits per heavy atom. The monoisotopic (exact) mass is 411 g/mol. The Kier molecular flexibility index (Phi) is 6.37. The molecule has 1 aliphatic rings. The van der Waals surface area contributed by atoms with E-state index in [1.54, 1.807) is 18.2 Å². The van der Waals surface area contributed by atoms with Gasteiger partial charge in [0.2, 0.25) is 0 Å². The molecular formula is C20H24F3N3OS. The van der Waals surface area contributed by atoms with Crippen molar-refractivity contribution in [1.29, 1.82) is 0 Å². The number of carbonyl (C=O) groups is 1. The number of halogens is 3. The van der Waals surface area contributed by atoms with Crippen molar-refractivity contribution in [1.82, 2.24) is 9.78 Å². The number of aromatic nitrogens is 2. The van der Waals surface area contributed by atoms with Crippen LogP contribution in [0, 0.1) is 12.8 Å². The molecule has 1 aromatic carbocycles. The molecule has 4 nitrogen and oxygen atoms in total. The first-order valence-corrected chi connectivity index (χ1v) is 10.6. The van der Waals surface area contributed by atoms with E-state index in [2.05, 4.69) is 10.4 Å². The van der Waals surface area contributed by atoms with E-state index < -0.39 is 23.3 Å². The Bertz CT molecular complexity index is 842. The fourth-order valence-corrected chi connectivity index (χ4v) is 4.25. The van der Waals surface area contributed by atoms with Gasteiger partial charge in [-0.2, -0.15) is 18.3 Å². The summed E-state index contributed by atoms with van der Waals surface area (Å²) in [5.74, 6) is -0.525. The second-order valence-electron chi connectivity index (χ2n) is 7.18. The second-order valence-corrected chi connectivity index (χ2v) is 8.06. The molecule has 28 heavy (non-hydrogen) atoms. The first-order chi connectivity index (χ1) is 13.3. The van der Waals surface area contributed by atoms with E-state index in [1.807, 2.05) is 12.3 Å². The third kappa shape index (κ3) is 4.71. The van der Waals surface area contributed by atoms with E-state index in [-0.39, 0.29) is 11.6 Å². The summed E-state index contributed by atoms with van der Waals surface area (Å²) < 4.78 is 42.3. The van der Waals surface area contributed by atoms with Crippen LogP contribution in [0.2, 0.25) is 0 Å². The maximum absolute atomic E-state index is 13.7. The molecule has 1 heterocycles. The number of aryl methyl sites for hydroxylation is 1. The quantitative estimate of drug-likeness (QED) is 0.636. The maximum atomic E-state index is 13.7. The summed E-state index contributed by atoms with van der Waals surface area (Å²) in [5.41, 5.74) is -1.04. The van der Waals surface area contributed by atoms with Crippen molar-refractivity contribution in [2.24, 2.45) is 5.92 Å². The summed E-state index contributed by atoms with van der Waals surface area (Å²) in [6, 6.07) is 7.04. The minimum atomic E-state index is -4.64.